The minimum atomic E-state index is 0. The molecule has 1 fully saturated rings. The van der Waals surface area contributed by atoms with E-state index in [0.29, 0.717) is 11.7 Å². The van der Waals surface area contributed by atoms with Gasteiger partial charge in [0.15, 0.2) is 5.78 Å². The first-order valence-corrected chi connectivity index (χ1v) is 4.70. The van der Waals surface area contributed by atoms with Crippen molar-refractivity contribution < 1.29 is 6.22 Å². The predicted octanol–water partition coefficient (Wildman–Crippen LogP) is 2.73. The molecule has 0 spiro atoms. The molecule has 2 rings (SSSR count). The predicted molar refractivity (Wildman–Crippen MR) is 50.8 cm³/mol. The number of hydrogen-bond acceptors (Lipinski definition) is 1. The molecule has 0 aromatic carbocycles. The highest BCUT2D eigenvalue weighted by Gasteiger charge is 2.28. The van der Waals surface area contributed by atoms with Gasteiger partial charge in [-0.05, 0) is 25.2 Å². The fraction of sp³-hybridized carbons (Fsp3) is 0.545. The van der Waals surface area contributed by atoms with Crippen LogP contribution in [0.5, 0.6) is 0 Å². The summed E-state index contributed by atoms with van der Waals surface area (Å²) in [6.07, 6.45) is 9.21. The molecule has 12 heavy (non-hydrogen) atoms. The molecule has 1 nitrogen and oxygen atoms in total. The van der Waals surface area contributed by atoms with Gasteiger partial charge in [0.1, 0.15) is 0 Å². The maximum Gasteiger partial charge on any atom is 0.165 e. The second kappa shape index (κ2) is 2.89. The number of carbonyl (C=O) groups is 1. The third-order valence-corrected chi connectivity index (χ3v) is 2.90. The molecule has 0 aromatic rings. The van der Waals surface area contributed by atoms with Crippen LogP contribution in [-0.4, -0.2) is 5.78 Å². The molecule has 66 valence electrons. The van der Waals surface area contributed by atoms with E-state index in [9.17, 15) is 4.79 Å². The summed E-state index contributed by atoms with van der Waals surface area (Å²) in [4.78, 5) is 11.7. The van der Waals surface area contributed by atoms with Crippen molar-refractivity contribution in [1.82, 2.24) is 0 Å². The molecule has 0 aliphatic heterocycles. The van der Waals surface area contributed by atoms with Crippen LogP contribution in [0.3, 0.4) is 0 Å². The molecule has 0 heterocycles. The van der Waals surface area contributed by atoms with Crippen LogP contribution < -0.4 is 0 Å². The summed E-state index contributed by atoms with van der Waals surface area (Å²) in [5.41, 5.74) is 0.939. The van der Waals surface area contributed by atoms with Crippen molar-refractivity contribution in [1.29, 1.82) is 0 Å². The van der Waals surface area contributed by atoms with Gasteiger partial charge in [0.25, 0.3) is 0 Å². The van der Waals surface area contributed by atoms with Crippen molar-refractivity contribution in [3.63, 3.8) is 0 Å². The van der Waals surface area contributed by atoms with E-state index in [2.05, 4.69) is 6.92 Å². The van der Waals surface area contributed by atoms with Gasteiger partial charge in [-0.2, -0.15) is 0 Å². The molecule has 0 radical (unpaired) electrons. The van der Waals surface area contributed by atoms with Crippen molar-refractivity contribution >= 4 is 5.78 Å². The second-order valence-corrected chi connectivity index (χ2v) is 3.96. The third-order valence-electron chi connectivity index (χ3n) is 2.90. The van der Waals surface area contributed by atoms with E-state index in [0.717, 1.165) is 24.3 Å². The van der Waals surface area contributed by atoms with Crippen LogP contribution in [-0.2, 0) is 4.79 Å². The number of ketones is 1. The summed E-state index contributed by atoms with van der Waals surface area (Å²) in [6.45, 7) is 2.23. The molecule has 2 unspecified atom stereocenters. The first-order chi connectivity index (χ1) is 5.77. The van der Waals surface area contributed by atoms with Crippen LogP contribution in [0.2, 0.25) is 0 Å². The third kappa shape index (κ3) is 1.24. The summed E-state index contributed by atoms with van der Waals surface area (Å²) in [6, 6.07) is 0. The average Bonchev–Trinajstić information content (AvgIpc) is 2.31. The topological polar surface area (TPSA) is 17.1 Å². The molecule has 0 bridgehead atoms. The van der Waals surface area contributed by atoms with Crippen LogP contribution in [0, 0.1) is 11.8 Å². The van der Waals surface area contributed by atoms with Crippen molar-refractivity contribution in [2.24, 2.45) is 11.8 Å². The normalized spacial score (nSPS) is 32.9. The molecule has 2 atom stereocenters. The van der Waals surface area contributed by atoms with Crippen LogP contribution in [0.25, 0.3) is 0 Å². The van der Waals surface area contributed by atoms with Gasteiger partial charge >= 0.3 is 0 Å². The molecule has 0 saturated heterocycles. The van der Waals surface area contributed by atoms with E-state index in [1.807, 2.05) is 18.2 Å². The highest BCUT2D eigenvalue weighted by molar-refractivity contribution is 6.01. The summed E-state index contributed by atoms with van der Waals surface area (Å²) < 4.78 is 0. The Hall–Kier alpha value is -0.850. The Balaban J connectivity index is 0.000000845. The van der Waals surface area contributed by atoms with Gasteiger partial charge in [-0.3, -0.25) is 4.79 Å². The lowest BCUT2D eigenvalue weighted by Crippen LogP contribution is -2.14. The molecule has 0 aromatic heterocycles. The summed E-state index contributed by atoms with van der Waals surface area (Å²) in [7, 11) is 0. The van der Waals surface area contributed by atoms with Crippen molar-refractivity contribution in [3.8, 4) is 0 Å². The standard InChI is InChI=1S/C11H14O.H2/c1-8-5-6-10(7-8)11(12)9-3-2-4-9;/h2-4,8,10H,5-7H2,1H3;1H. The Labute approximate surface area is 74.6 Å². The fourth-order valence-electron chi connectivity index (χ4n) is 2.04. The zero-order valence-corrected chi connectivity index (χ0v) is 7.42. The van der Waals surface area contributed by atoms with Crippen molar-refractivity contribution in [3.05, 3.63) is 23.8 Å². The zero-order valence-electron chi connectivity index (χ0n) is 7.42. The minimum absolute atomic E-state index is 0. The molecule has 0 N–H and O–H groups in total. The smallest absolute Gasteiger partial charge is 0.165 e. The molecule has 1 saturated carbocycles. The zero-order chi connectivity index (χ0) is 8.55. The Morgan fingerprint density at radius 3 is 2.75 bits per heavy atom. The maximum absolute atomic E-state index is 11.7. The van der Waals surface area contributed by atoms with E-state index >= 15 is 0 Å². The first kappa shape index (κ1) is 7.78. The van der Waals surface area contributed by atoms with Gasteiger partial charge in [-0.15, -0.1) is 0 Å². The van der Waals surface area contributed by atoms with Crippen LogP contribution in [0.4, 0.5) is 0 Å². The van der Waals surface area contributed by atoms with Gasteiger partial charge in [0, 0.05) is 12.9 Å². The summed E-state index contributed by atoms with van der Waals surface area (Å²) >= 11 is 0. The summed E-state index contributed by atoms with van der Waals surface area (Å²) in [5.74, 6) is 1.46. The number of hydrogen-bond donors (Lipinski definition) is 0. The Morgan fingerprint density at radius 1 is 1.58 bits per heavy atom. The number of allylic oxidation sites excluding steroid dienone is 4. The van der Waals surface area contributed by atoms with Gasteiger partial charge in [0.2, 0.25) is 0 Å². The maximum atomic E-state index is 11.7. The highest BCUT2D eigenvalue weighted by Crippen LogP contribution is 2.33. The second-order valence-electron chi connectivity index (χ2n) is 3.96. The largest absolute Gasteiger partial charge is 0.294 e. The van der Waals surface area contributed by atoms with Crippen molar-refractivity contribution in [2.75, 3.05) is 0 Å². The first-order valence-electron chi connectivity index (χ1n) is 4.70. The van der Waals surface area contributed by atoms with Gasteiger partial charge in [-0.1, -0.05) is 25.2 Å². The fourth-order valence-corrected chi connectivity index (χ4v) is 2.04. The van der Waals surface area contributed by atoms with Gasteiger partial charge in [0.05, 0.1) is 0 Å². The van der Waals surface area contributed by atoms with Crippen molar-refractivity contribution in [2.45, 2.75) is 26.2 Å². The van der Waals surface area contributed by atoms with Crippen LogP contribution in [0.1, 0.15) is 27.6 Å². The quantitative estimate of drug-likeness (QED) is 0.613. The molecule has 2 aliphatic rings. The lowest BCUT2D eigenvalue weighted by atomic mass is 9.92. The monoisotopic (exact) mass is 164 g/mol. The van der Waals surface area contributed by atoms with Crippen LogP contribution >= 0.6 is 0 Å². The summed E-state index contributed by atoms with van der Waals surface area (Å²) in [5, 5.41) is 0. The van der Waals surface area contributed by atoms with E-state index in [-0.39, 0.29) is 1.43 Å². The minimum Gasteiger partial charge on any atom is -0.294 e. The molecule has 1 heteroatoms. The molecular formula is C11H16O. The lowest BCUT2D eigenvalue weighted by molar-refractivity contribution is -0.118. The Kier molecular flexibility index (Phi) is 1.87. The number of carbonyl (C=O) groups excluding carboxylic acids is 1. The highest BCUT2D eigenvalue weighted by atomic mass is 16.1. The van der Waals surface area contributed by atoms with E-state index in [4.69, 9.17) is 0 Å². The molecule has 0 amide bonds. The lowest BCUT2D eigenvalue weighted by Gasteiger charge is -2.11. The Morgan fingerprint density at radius 2 is 2.33 bits per heavy atom. The average molecular weight is 164 g/mol. The van der Waals surface area contributed by atoms with E-state index in [1.165, 1.54) is 6.42 Å². The molecule has 2 aliphatic carbocycles. The van der Waals surface area contributed by atoms with E-state index < -0.39 is 0 Å². The van der Waals surface area contributed by atoms with Gasteiger partial charge < -0.3 is 0 Å². The SMILES string of the molecule is CC1CCC(C(=O)C2=CC=C2)C1.[HH]. The Bertz CT molecular complexity index is 265. The molecular weight excluding hydrogens is 148 g/mol. The number of Topliss-reactive ketones (excluding diaryl/α,β-unsaturated/α-hetero) is 1. The van der Waals surface area contributed by atoms with Crippen LogP contribution in [0.15, 0.2) is 23.8 Å². The van der Waals surface area contributed by atoms with Gasteiger partial charge in [-0.25, -0.2) is 0 Å². The van der Waals surface area contributed by atoms with E-state index in [1.54, 1.807) is 0 Å². The number of rotatable bonds is 2.